The lowest BCUT2D eigenvalue weighted by Gasteiger charge is -2.24. The molecule has 0 bridgehead atoms. The number of urea groups is 2. The summed E-state index contributed by atoms with van der Waals surface area (Å²) in [6.07, 6.45) is -15.0. The molecular formula is C26H20F10N4O2. The fourth-order valence-corrected chi connectivity index (χ4v) is 3.57. The van der Waals surface area contributed by atoms with Crippen LogP contribution in [0.15, 0.2) is 66.7 Å². The molecule has 0 unspecified atom stereocenters. The van der Waals surface area contributed by atoms with Gasteiger partial charge in [0.25, 0.3) is 0 Å². The smallest absolute Gasteiger partial charge is 0.338 e. The van der Waals surface area contributed by atoms with Gasteiger partial charge in [-0.2, -0.15) is 39.5 Å². The van der Waals surface area contributed by atoms with E-state index in [1.165, 1.54) is 18.2 Å². The second-order valence-electron chi connectivity index (χ2n) is 8.67. The molecule has 3 aromatic carbocycles. The van der Waals surface area contributed by atoms with Crippen LogP contribution in [0.2, 0.25) is 0 Å². The third kappa shape index (κ3) is 9.01. The van der Waals surface area contributed by atoms with E-state index in [0.717, 1.165) is 29.2 Å². The molecule has 0 aliphatic heterocycles. The lowest BCUT2D eigenvalue weighted by Crippen LogP contribution is -2.38. The first-order chi connectivity index (χ1) is 19.4. The molecule has 0 radical (unpaired) electrons. The zero-order chi connectivity index (χ0) is 31.3. The van der Waals surface area contributed by atoms with Gasteiger partial charge < -0.3 is 16.0 Å². The van der Waals surface area contributed by atoms with Gasteiger partial charge in [0.15, 0.2) is 0 Å². The topological polar surface area (TPSA) is 73.5 Å². The van der Waals surface area contributed by atoms with E-state index in [9.17, 15) is 53.5 Å². The van der Waals surface area contributed by atoms with E-state index in [-0.39, 0.29) is 37.0 Å². The molecule has 226 valence electrons. The summed E-state index contributed by atoms with van der Waals surface area (Å²) in [5.74, 6) is -0.640. The lowest BCUT2D eigenvalue weighted by atomic mass is 10.1. The van der Waals surface area contributed by atoms with Gasteiger partial charge in [-0.15, -0.1) is 0 Å². The molecule has 16 heteroatoms. The van der Waals surface area contributed by atoms with Gasteiger partial charge in [-0.1, -0.05) is 6.07 Å². The molecule has 3 aromatic rings. The molecule has 0 saturated heterocycles. The van der Waals surface area contributed by atoms with Crippen LogP contribution in [-0.2, 0) is 18.5 Å². The van der Waals surface area contributed by atoms with Crippen LogP contribution in [-0.4, -0.2) is 25.2 Å². The highest BCUT2D eigenvalue weighted by atomic mass is 19.4. The van der Waals surface area contributed by atoms with Crippen LogP contribution in [0.1, 0.15) is 23.1 Å². The standard InChI is InChI=1S/C26H20F10N4O2/c27-18-5-7-21(8-6-18)40(23(42)39-19-4-1-3-15(12-19)24(28,29)30)10-2-9-37-22(41)38-20-13-16(25(31,32)33)11-17(14-20)26(34,35)36/h1,3-8,11-14H,2,9-10H2,(H,39,42)(H2,37,38,41). The average molecular weight is 610 g/mol. The summed E-state index contributed by atoms with van der Waals surface area (Å²) in [7, 11) is 0. The van der Waals surface area contributed by atoms with Crippen molar-refractivity contribution < 1.29 is 53.5 Å². The number of benzene rings is 3. The second-order valence-corrected chi connectivity index (χ2v) is 8.67. The maximum Gasteiger partial charge on any atom is 0.416 e. The van der Waals surface area contributed by atoms with Crippen molar-refractivity contribution in [1.82, 2.24) is 5.32 Å². The first kappa shape index (κ1) is 32.0. The maximum atomic E-state index is 13.4. The summed E-state index contributed by atoms with van der Waals surface area (Å²) >= 11 is 0. The molecule has 0 heterocycles. The van der Waals surface area contributed by atoms with Crippen molar-refractivity contribution in [3.63, 3.8) is 0 Å². The van der Waals surface area contributed by atoms with Crippen LogP contribution < -0.4 is 20.9 Å². The van der Waals surface area contributed by atoms with Crippen molar-refractivity contribution >= 4 is 29.1 Å². The Morgan fingerprint density at radius 1 is 0.667 bits per heavy atom. The van der Waals surface area contributed by atoms with Crippen LogP contribution in [0.4, 0.5) is 70.6 Å². The van der Waals surface area contributed by atoms with Crippen molar-refractivity contribution in [2.24, 2.45) is 0 Å². The van der Waals surface area contributed by atoms with Crippen LogP contribution in [0, 0.1) is 5.82 Å². The van der Waals surface area contributed by atoms with Crippen LogP contribution in [0.5, 0.6) is 0 Å². The van der Waals surface area contributed by atoms with Crippen LogP contribution >= 0.6 is 0 Å². The summed E-state index contributed by atoms with van der Waals surface area (Å²) in [4.78, 5) is 26.1. The van der Waals surface area contributed by atoms with Crippen molar-refractivity contribution in [2.45, 2.75) is 24.9 Å². The minimum atomic E-state index is -5.12. The number of amides is 4. The molecule has 0 spiro atoms. The zero-order valence-electron chi connectivity index (χ0n) is 21.0. The number of nitrogens with one attached hydrogen (secondary N) is 3. The SMILES string of the molecule is O=C(NCCCN(C(=O)Nc1cccc(C(F)(F)F)c1)c1ccc(F)cc1)Nc1cc(C(F)(F)F)cc(C(F)(F)F)c1. The van der Waals surface area contributed by atoms with Gasteiger partial charge in [0.1, 0.15) is 5.82 Å². The number of hydrogen-bond donors (Lipinski definition) is 3. The molecule has 0 aliphatic rings. The van der Waals surface area contributed by atoms with Gasteiger partial charge in [0, 0.05) is 30.2 Å². The molecule has 0 aromatic heterocycles. The normalized spacial score (nSPS) is 12.0. The lowest BCUT2D eigenvalue weighted by molar-refractivity contribution is -0.143. The number of anilines is 3. The number of nitrogens with zero attached hydrogens (tertiary/aromatic N) is 1. The molecular weight excluding hydrogens is 590 g/mol. The van der Waals surface area contributed by atoms with E-state index in [4.69, 9.17) is 0 Å². The molecule has 0 aliphatic carbocycles. The largest absolute Gasteiger partial charge is 0.416 e. The van der Waals surface area contributed by atoms with E-state index in [2.05, 4.69) is 10.6 Å². The fourth-order valence-electron chi connectivity index (χ4n) is 3.57. The second kappa shape index (κ2) is 12.6. The number of rotatable bonds is 7. The monoisotopic (exact) mass is 610 g/mol. The molecule has 0 fully saturated rings. The predicted octanol–water partition coefficient (Wildman–Crippen LogP) is 8.13. The third-order valence-electron chi connectivity index (χ3n) is 5.51. The minimum absolute atomic E-state index is 0.0444. The van der Waals surface area contributed by atoms with Gasteiger partial charge in [-0.3, -0.25) is 4.90 Å². The molecule has 0 atom stereocenters. The van der Waals surface area contributed by atoms with E-state index < -0.39 is 58.8 Å². The van der Waals surface area contributed by atoms with Crippen molar-refractivity contribution in [3.05, 3.63) is 89.2 Å². The average Bonchev–Trinajstić information content (AvgIpc) is 2.88. The van der Waals surface area contributed by atoms with E-state index in [1.807, 2.05) is 5.32 Å². The number of alkyl halides is 9. The highest BCUT2D eigenvalue weighted by Crippen LogP contribution is 2.37. The Labute approximate surface area is 231 Å². The first-order valence-electron chi connectivity index (χ1n) is 11.8. The minimum Gasteiger partial charge on any atom is -0.338 e. The fraction of sp³-hybridized carbons (Fsp3) is 0.231. The Kier molecular flexibility index (Phi) is 9.58. The Morgan fingerprint density at radius 3 is 1.76 bits per heavy atom. The highest BCUT2D eigenvalue weighted by Gasteiger charge is 2.37. The molecule has 6 nitrogen and oxygen atoms in total. The summed E-state index contributed by atoms with van der Waals surface area (Å²) in [5, 5.41) is 6.40. The Balaban J connectivity index is 1.67. The van der Waals surface area contributed by atoms with Gasteiger partial charge in [-0.05, 0) is 67.1 Å². The van der Waals surface area contributed by atoms with Crippen molar-refractivity contribution in [1.29, 1.82) is 0 Å². The van der Waals surface area contributed by atoms with Crippen LogP contribution in [0.25, 0.3) is 0 Å². The van der Waals surface area contributed by atoms with Gasteiger partial charge in [0.05, 0.1) is 16.7 Å². The summed E-state index contributed by atoms with van der Waals surface area (Å²) in [5.41, 5.74) is -5.12. The van der Waals surface area contributed by atoms with Crippen molar-refractivity contribution in [2.75, 3.05) is 28.6 Å². The van der Waals surface area contributed by atoms with Gasteiger partial charge >= 0.3 is 30.6 Å². The highest BCUT2D eigenvalue weighted by molar-refractivity contribution is 6.01. The van der Waals surface area contributed by atoms with E-state index in [0.29, 0.717) is 18.2 Å². The van der Waals surface area contributed by atoms with Gasteiger partial charge in [-0.25, -0.2) is 14.0 Å². The molecule has 0 saturated carbocycles. The van der Waals surface area contributed by atoms with Crippen molar-refractivity contribution in [3.8, 4) is 0 Å². The maximum absolute atomic E-state index is 13.4. The number of carbonyl (C=O) groups excluding carboxylic acids is 2. The molecule has 42 heavy (non-hydrogen) atoms. The Hall–Kier alpha value is -4.50. The summed E-state index contributed by atoms with van der Waals surface area (Å²) in [6.45, 7) is -0.441. The third-order valence-corrected chi connectivity index (χ3v) is 5.51. The molecule has 3 rings (SSSR count). The number of carbonyl (C=O) groups is 2. The molecule has 3 N–H and O–H groups in total. The van der Waals surface area contributed by atoms with E-state index in [1.54, 1.807) is 0 Å². The Bertz CT molecular complexity index is 1370. The predicted molar refractivity (Wildman–Crippen MR) is 132 cm³/mol. The van der Waals surface area contributed by atoms with E-state index >= 15 is 0 Å². The van der Waals surface area contributed by atoms with Gasteiger partial charge in [0.2, 0.25) is 0 Å². The quantitative estimate of drug-likeness (QED) is 0.187. The summed E-state index contributed by atoms with van der Waals surface area (Å²) in [6, 6.07) is 6.75. The number of hydrogen-bond acceptors (Lipinski definition) is 2. The van der Waals surface area contributed by atoms with Crippen LogP contribution in [0.3, 0.4) is 0 Å². The number of halogens is 10. The molecule has 4 amide bonds. The Morgan fingerprint density at radius 2 is 1.21 bits per heavy atom. The summed E-state index contributed by atoms with van der Waals surface area (Å²) < 4.78 is 131. The first-order valence-corrected chi connectivity index (χ1v) is 11.8. The zero-order valence-corrected chi connectivity index (χ0v) is 21.0.